The Balaban J connectivity index is 2.10. The van der Waals surface area contributed by atoms with Gasteiger partial charge in [-0.3, -0.25) is 4.18 Å². The summed E-state index contributed by atoms with van der Waals surface area (Å²) < 4.78 is 52.5. The average molecular weight is 457 g/mol. The zero-order valence-corrected chi connectivity index (χ0v) is 20.1. The Labute approximate surface area is 186 Å². The predicted octanol–water partition coefficient (Wildman–Crippen LogP) is 4.21. The molecule has 7 nitrogen and oxygen atoms in total. The summed E-state index contributed by atoms with van der Waals surface area (Å²) in [7, 11) is 2.70. The van der Waals surface area contributed by atoms with E-state index < -0.39 is 15.9 Å². The summed E-state index contributed by atoms with van der Waals surface area (Å²) in [4.78, 5) is 0.172. The summed E-state index contributed by atoms with van der Waals surface area (Å²) in [5.41, 5.74) is 2.17. The van der Waals surface area contributed by atoms with Gasteiger partial charge in [0, 0.05) is 47.2 Å². The molecular formula is C23H36O7S. The fourth-order valence-corrected chi connectivity index (χ4v) is 4.78. The van der Waals surface area contributed by atoms with Crippen molar-refractivity contribution in [2.75, 3.05) is 35.0 Å². The highest BCUT2D eigenvalue weighted by atomic mass is 32.2. The molecule has 0 aromatic heterocycles. The first-order valence-corrected chi connectivity index (χ1v) is 12.0. The van der Waals surface area contributed by atoms with E-state index in [0.29, 0.717) is 12.8 Å². The first kappa shape index (κ1) is 26.0. The molecule has 1 atom stereocenters. The van der Waals surface area contributed by atoms with Gasteiger partial charge in [0.05, 0.1) is 11.5 Å². The van der Waals surface area contributed by atoms with Gasteiger partial charge in [-0.1, -0.05) is 29.3 Å². The summed E-state index contributed by atoms with van der Waals surface area (Å²) >= 11 is 0. The van der Waals surface area contributed by atoms with E-state index in [2.05, 4.69) is 6.08 Å². The number of aryl methyl sites for hydroxylation is 1. The van der Waals surface area contributed by atoms with Crippen molar-refractivity contribution in [3.05, 3.63) is 41.5 Å². The van der Waals surface area contributed by atoms with E-state index in [1.54, 1.807) is 52.7 Å². The van der Waals surface area contributed by atoms with Crippen molar-refractivity contribution in [3.8, 4) is 0 Å². The summed E-state index contributed by atoms with van der Waals surface area (Å²) in [6.07, 6.45) is 6.24. The van der Waals surface area contributed by atoms with E-state index in [9.17, 15) is 8.42 Å². The molecule has 31 heavy (non-hydrogen) atoms. The van der Waals surface area contributed by atoms with Crippen molar-refractivity contribution in [2.45, 2.75) is 62.4 Å². The second-order valence-electron chi connectivity index (χ2n) is 7.88. The van der Waals surface area contributed by atoms with Gasteiger partial charge in [-0.15, -0.1) is 0 Å². The molecule has 1 unspecified atom stereocenters. The van der Waals surface area contributed by atoms with E-state index >= 15 is 0 Å². The Morgan fingerprint density at radius 2 is 1.65 bits per heavy atom. The maximum Gasteiger partial charge on any atom is 0.296 e. The van der Waals surface area contributed by atoms with Gasteiger partial charge in [0.15, 0.2) is 12.1 Å². The second-order valence-corrected chi connectivity index (χ2v) is 9.50. The van der Waals surface area contributed by atoms with E-state index in [1.807, 2.05) is 6.92 Å². The number of rotatable bonds is 13. The predicted molar refractivity (Wildman–Crippen MR) is 118 cm³/mol. The molecule has 0 heterocycles. The molecule has 0 saturated heterocycles. The molecule has 176 valence electrons. The van der Waals surface area contributed by atoms with Crippen LogP contribution < -0.4 is 0 Å². The first-order chi connectivity index (χ1) is 14.8. The smallest absolute Gasteiger partial charge is 0.296 e. The highest BCUT2D eigenvalue weighted by Gasteiger charge is 2.33. The lowest BCUT2D eigenvalue weighted by atomic mass is 9.84. The van der Waals surface area contributed by atoms with Gasteiger partial charge in [-0.2, -0.15) is 8.42 Å². The van der Waals surface area contributed by atoms with Crippen molar-refractivity contribution >= 4 is 10.1 Å². The van der Waals surface area contributed by atoms with Crippen LogP contribution in [0, 0.1) is 12.8 Å². The molecule has 1 aromatic carbocycles. The Morgan fingerprint density at radius 3 is 2.16 bits per heavy atom. The van der Waals surface area contributed by atoms with Crippen LogP contribution in [0.5, 0.6) is 0 Å². The fourth-order valence-electron chi connectivity index (χ4n) is 3.83. The standard InChI is InChI=1S/C23H36O7S/c1-18-9-11-21(12-10-18)31(24,25)30-17-20(7-6-8-22(26-2)27-3)19-13-15-23(28-4,29-5)16-14-19/h9-13,20,22H,6-8,14-17H2,1-5H3. The van der Waals surface area contributed by atoms with E-state index in [0.717, 1.165) is 31.2 Å². The molecule has 2 rings (SSSR count). The highest BCUT2D eigenvalue weighted by molar-refractivity contribution is 7.86. The third-order valence-corrected chi connectivity index (χ3v) is 7.29. The molecule has 0 bridgehead atoms. The fraction of sp³-hybridized carbons (Fsp3) is 0.652. The minimum Gasteiger partial charge on any atom is -0.356 e. The Bertz CT molecular complexity index is 794. The normalized spacial score (nSPS) is 17.5. The third kappa shape index (κ3) is 7.37. The van der Waals surface area contributed by atoms with Crippen LogP contribution >= 0.6 is 0 Å². The van der Waals surface area contributed by atoms with Crippen molar-refractivity contribution < 1.29 is 31.5 Å². The Hall–Kier alpha value is -1.29. The van der Waals surface area contributed by atoms with Crippen molar-refractivity contribution in [1.29, 1.82) is 0 Å². The number of hydrogen-bond acceptors (Lipinski definition) is 7. The topological polar surface area (TPSA) is 80.3 Å². The van der Waals surface area contributed by atoms with E-state index in [1.165, 1.54) is 5.57 Å². The van der Waals surface area contributed by atoms with Gasteiger partial charge in [0.25, 0.3) is 10.1 Å². The zero-order chi connectivity index (χ0) is 22.9. The SMILES string of the molecule is COC(CCCC(COS(=O)(=O)c1ccc(C)cc1)C1=CCC(OC)(OC)CC1)OC. The van der Waals surface area contributed by atoms with Crippen LogP contribution in [0.4, 0.5) is 0 Å². The molecule has 0 amide bonds. The van der Waals surface area contributed by atoms with Gasteiger partial charge < -0.3 is 18.9 Å². The molecule has 0 saturated carbocycles. The molecule has 1 aliphatic carbocycles. The van der Waals surface area contributed by atoms with Gasteiger partial charge in [-0.25, -0.2) is 0 Å². The summed E-state index contributed by atoms with van der Waals surface area (Å²) in [5.74, 6) is -0.638. The minimum atomic E-state index is -3.82. The van der Waals surface area contributed by atoms with Crippen LogP contribution in [0.1, 0.15) is 44.1 Å². The quantitative estimate of drug-likeness (QED) is 0.250. The molecule has 1 aromatic rings. The molecule has 8 heteroatoms. The third-order valence-electron chi connectivity index (χ3n) is 5.99. The van der Waals surface area contributed by atoms with Crippen molar-refractivity contribution in [2.24, 2.45) is 5.92 Å². The lowest BCUT2D eigenvalue weighted by Crippen LogP contribution is -2.36. The molecule has 0 N–H and O–H groups in total. The first-order valence-electron chi connectivity index (χ1n) is 10.6. The highest BCUT2D eigenvalue weighted by Crippen LogP contribution is 2.36. The van der Waals surface area contributed by atoms with Crippen LogP contribution in [0.25, 0.3) is 0 Å². The number of benzene rings is 1. The Kier molecular flexibility index (Phi) is 10.1. The molecule has 0 radical (unpaired) electrons. The molecule has 1 aliphatic rings. The molecule has 0 fully saturated rings. The van der Waals surface area contributed by atoms with Gasteiger partial charge >= 0.3 is 0 Å². The van der Waals surface area contributed by atoms with Crippen LogP contribution in [-0.2, 0) is 33.2 Å². The van der Waals surface area contributed by atoms with Crippen LogP contribution in [0.3, 0.4) is 0 Å². The van der Waals surface area contributed by atoms with Gasteiger partial charge in [0.2, 0.25) is 0 Å². The van der Waals surface area contributed by atoms with Crippen LogP contribution in [0.15, 0.2) is 40.8 Å². The minimum absolute atomic E-state index is 0.0266. The average Bonchev–Trinajstić information content (AvgIpc) is 2.79. The number of ether oxygens (including phenoxy) is 4. The summed E-state index contributed by atoms with van der Waals surface area (Å²) in [6, 6.07) is 6.68. The molecular weight excluding hydrogens is 420 g/mol. The van der Waals surface area contributed by atoms with E-state index in [4.69, 9.17) is 23.1 Å². The zero-order valence-electron chi connectivity index (χ0n) is 19.3. The lowest BCUT2D eigenvalue weighted by Gasteiger charge is -2.35. The maximum atomic E-state index is 12.7. The van der Waals surface area contributed by atoms with Crippen molar-refractivity contribution in [3.63, 3.8) is 0 Å². The monoisotopic (exact) mass is 456 g/mol. The number of methoxy groups -OCH3 is 4. The van der Waals surface area contributed by atoms with Crippen LogP contribution in [0.2, 0.25) is 0 Å². The van der Waals surface area contributed by atoms with Gasteiger partial charge in [0.1, 0.15) is 0 Å². The molecule has 0 aliphatic heterocycles. The van der Waals surface area contributed by atoms with Crippen LogP contribution in [-0.4, -0.2) is 55.5 Å². The van der Waals surface area contributed by atoms with Crippen molar-refractivity contribution in [1.82, 2.24) is 0 Å². The summed E-state index contributed by atoms with van der Waals surface area (Å²) in [6.45, 7) is 2.01. The summed E-state index contributed by atoms with van der Waals surface area (Å²) in [5, 5.41) is 0. The largest absolute Gasteiger partial charge is 0.356 e. The van der Waals surface area contributed by atoms with Gasteiger partial charge in [-0.05, 0) is 44.7 Å². The Morgan fingerprint density at radius 1 is 1.00 bits per heavy atom. The lowest BCUT2D eigenvalue weighted by molar-refractivity contribution is -0.210. The second kappa shape index (κ2) is 12.1. The van der Waals surface area contributed by atoms with E-state index in [-0.39, 0.29) is 23.7 Å². The number of hydrogen-bond donors (Lipinski definition) is 0. The molecule has 0 spiro atoms. The maximum absolute atomic E-state index is 12.7.